The van der Waals surface area contributed by atoms with Gasteiger partial charge in [-0.2, -0.15) is 5.26 Å². The minimum absolute atomic E-state index is 0.0316. The molecule has 23 heteroatoms. The Bertz CT molecular complexity index is 3510. The van der Waals surface area contributed by atoms with Gasteiger partial charge in [0.15, 0.2) is 26.8 Å². The molecule has 1 amide bonds. The molecular weight excluding hydrogens is 1090 g/mol. The minimum Gasteiger partial charge on any atom is -0.497 e. The molecule has 0 radical (unpaired) electrons. The van der Waals surface area contributed by atoms with Crippen LogP contribution >= 0.6 is 8.53 Å². The van der Waals surface area contributed by atoms with Crippen molar-refractivity contribution in [2.24, 2.45) is 5.92 Å². The first kappa shape index (κ1) is 59.4. The van der Waals surface area contributed by atoms with E-state index in [1.807, 2.05) is 113 Å². The predicted octanol–water partition coefficient (Wildman–Crippen LogP) is 8.62. The van der Waals surface area contributed by atoms with Gasteiger partial charge in [0.1, 0.15) is 35.9 Å². The van der Waals surface area contributed by atoms with E-state index >= 15 is 0 Å². The Hall–Kier alpha value is -7.19. The van der Waals surface area contributed by atoms with Gasteiger partial charge in [-0.15, -0.1) is 0 Å². The number of amides is 1. The van der Waals surface area contributed by atoms with Gasteiger partial charge in [-0.05, 0) is 101 Å². The zero-order valence-corrected chi connectivity index (χ0v) is 48.5. The van der Waals surface area contributed by atoms with Gasteiger partial charge in [0.05, 0.1) is 76.1 Å². The van der Waals surface area contributed by atoms with Crippen LogP contribution in [0.2, 0.25) is 0 Å². The number of aromatic amines is 1. The van der Waals surface area contributed by atoms with Crippen LogP contribution in [0, 0.1) is 24.2 Å². The highest BCUT2D eigenvalue weighted by Crippen LogP contribution is 2.51. The number of aromatic nitrogens is 6. The van der Waals surface area contributed by atoms with Gasteiger partial charge in [0.25, 0.3) is 20.0 Å². The van der Waals surface area contributed by atoms with Crippen molar-refractivity contribution in [3.63, 3.8) is 0 Å². The van der Waals surface area contributed by atoms with Crippen molar-refractivity contribution in [2.75, 3.05) is 44.3 Å². The van der Waals surface area contributed by atoms with Crippen LogP contribution in [-0.4, -0.2) is 117 Å². The van der Waals surface area contributed by atoms with Crippen molar-refractivity contribution in [3.8, 4) is 17.6 Å². The van der Waals surface area contributed by atoms with E-state index in [9.17, 15) is 28.1 Å². The summed E-state index contributed by atoms with van der Waals surface area (Å²) >= 11 is 0. The lowest BCUT2D eigenvalue weighted by Crippen LogP contribution is -2.38. The topological polar surface area (TPSA) is 253 Å². The maximum absolute atomic E-state index is 15.0. The zero-order chi connectivity index (χ0) is 58.1. The first-order valence-corrected chi connectivity index (χ1v) is 30.1. The third kappa shape index (κ3) is 13.3. The molecular formula is C59H68N9O12PS. The summed E-state index contributed by atoms with van der Waals surface area (Å²) in [5.41, 5.74) is 1.19. The second-order valence-corrected chi connectivity index (χ2v) is 24.4. The highest BCUT2D eigenvalue weighted by Gasteiger charge is 2.46. The number of ether oxygens (including phenoxy) is 5. The summed E-state index contributed by atoms with van der Waals surface area (Å²) in [5, 5.41) is 12.3. The van der Waals surface area contributed by atoms with Crippen molar-refractivity contribution in [2.45, 2.75) is 109 Å². The Labute approximate surface area is 477 Å². The lowest BCUT2D eigenvalue weighted by molar-refractivity contribution is -0.0818. The van der Waals surface area contributed by atoms with Crippen LogP contribution in [0.4, 0.5) is 5.82 Å². The van der Waals surface area contributed by atoms with Gasteiger partial charge >= 0.3 is 5.69 Å². The summed E-state index contributed by atoms with van der Waals surface area (Å²) in [6, 6.07) is 35.7. The fourth-order valence-electron chi connectivity index (χ4n) is 10.7. The van der Waals surface area contributed by atoms with Gasteiger partial charge in [0.2, 0.25) is 0 Å². The average Bonchev–Trinajstić information content (AvgIpc) is 4.29. The van der Waals surface area contributed by atoms with E-state index in [4.69, 9.17) is 32.7 Å². The number of nitrogens with one attached hydrogen (secondary N) is 2. The van der Waals surface area contributed by atoms with Crippen LogP contribution in [0.5, 0.6) is 11.5 Å². The van der Waals surface area contributed by atoms with E-state index in [0.29, 0.717) is 28.2 Å². The van der Waals surface area contributed by atoms with Crippen molar-refractivity contribution in [1.29, 1.82) is 5.26 Å². The zero-order valence-electron chi connectivity index (χ0n) is 46.8. The molecule has 2 saturated heterocycles. The Morgan fingerprint density at radius 3 is 2.07 bits per heavy atom. The monoisotopic (exact) mass is 1160 g/mol. The molecule has 7 aromatic rings. The molecule has 9 rings (SSSR count). The summed E-state index contributed by atoms with van der Waals surface area (Å²) < 4.78 is 80.2. The molecule has 5 heterocycles. The van der Waals surface area contributed by atoms with E-state index in [2.05, 4.69) is 36.0 Å². The maximum atomic E-state index is 15.0. The normalized spacial score (nSPS) is 19.7. The molecule has 0 spiro atoms. The number of hydrogen-bond donors (Lipinski definition) is 2. The summed E-state index contributed by atoms with van der Waals surface area (Å²) in [7, 11) is -2.61. The van der Waals surface area contributed by atoms with Crippen LogP contribution in [-0.2, 0) is 38.7 Å². The van der Waals surface area contributed by atoms with Gasteiger partial charge < -0.3 is 38.0 Å². The molecule has 4 aromatic carbocycles. The van der Waals surface area contributed by atoms with E-state index in [1.165, 1.54) is 17.1 Å². The molecule has 0 bridgehead atoms. The van der Waals surface area contributed by atoms with Crippen molar-refractivity contribution >= 4 is 41.3 Å². The predicted molar refractivity (Wildman–Crippen MR) is 308 cm³/mol. The number of H-pyrrole nitrogens is 1. The number of rotatable bonds is 25. The summed E-state index contributed by atoms with van der Waals surface area (Å²) in [4.78, 5) is 55.0. The lowest BCUT2D eigenvalue weighted by Gasteiger charge is -2.37. The van der Waals surface area contributed by atoms with Gasteiger partial charge in [-0.1, -0.05) is 72.8 Å². The molecule has 82 heavy (non-hydrogen) atoms. The maximum Gasteiger partial charge on any atom is 0.330 e. The average molecular weight is 1160 g/mol. The third-order valence-corrected chi connectivity index (χ3v) is 18.6. The molecule has 7 atom stereocenters. The number of nitriles is 1. The van der Waals surface area contributed by atoms with Crippen molar-refractivity contribution in [3.05, 3.63) is 177 Å². The molecule has 432 valence electrons. The molecule has 2 N–H and O–H groups in total. The number of carbonyl (C=O) groups is 1. The summed E-state index contributed by atoms with van der Waals surface area (Å²) in [6.07, 6.45) is 0.497. The minimum atomic E-state index is -3.99. The number of nitrogens with zero attached hydrogens (tertiary/aromatic N) is 7. The third-order valence-electron chi connectivity index (χ3n) is 14.6. The largest absolute Gasteiger partial charge is 0.497 e. The van der Waals surface area contributed by atoms with Crippen LogP contribution in [0.25, 0.3) is 11.2 Å². The van der Waals surface area contributed by atoms with Gasteiger partial charge in [0, 0.05) is 41.7 Å². The number of imidazole rings is 1. The fourth-order valence-corrected chi connectivity index (χ4v) is 14.2. The highest BCUT2D eigenvalue weighted by molar-refractivity contribution is 7.91. The number of carbonyl (C=O) groups excluding carboxylic acids is 1. The molecule has 0 aliphatic carbocycles. The molecule has 21 nitrogen and oxygen atoms in total. The first-order valence-electron chi connectivity index (χ1n) is 27.1. The second kappa shape index (κ2) is 26.4. The molecule has 3 aromatic heterocycles. The standard InChI is InChI=1S/C59H68N9O12PS/c1-38(2)68(39(3)4)81(77-29-14-28-60)80-49-32-52(66-33-40(5)56(69)65-58(66)71)78-48(49)27-30-82(72,73)35-42-31-51(67-37-63-53-54(61-36-62-55(53)67)64-57(70)41-15-10-8-11-16-41)79-50(42)34-76-59(43-17-12-9-13-18-43,44-19-23-46(74-6)24-20-44)45-21-25-47(75-7)26-22-45/h8-13,15-26,33,36-39,42,48-52H,14,27,29-32,34-35H2,1-7H3,(H,65,69,71)(H,61,62,64,70)/t42-,48-,49+,50-,51-,52-,81?/m1/s1. The quantitative estimate of drug-likeness (QED) is 0.0308. The highest BCUT2D eigenvalue weighted by atomic mass is 32.2. The van der Waals surface area contributed by atoms with Crippen molar-refractivity contribution in [1.82, 2.24) is 33.7 Å². The number of fused-ring (bicyclic) bond motifs is 1. The van der Waals surface area contributed by atoms with Crippen molar-refractivity contribution < 1.29 is 45.9 Å². The van der Waals surface area contributed by atoms with Gasteiger partial charge in [-0.25, -0.2) is 32.8 Å². The number of anilines is 1. The van der Waals surface area contributed by atoms with E-state index in [1.54, 1.807) is 56.3 Å². The van der Waals surface area contributed by atoms with E-state index in [-0.39, 0.29) is 79.8 Å². The van der Waals surface area contributed by atoms with Crippen LogP contribution in [0.3, 0.4) is 0 Å². The second-order valence-electron chi connectivity index (χ2n) is 20.7. The SMILES string of the molecule is COc1ccc(C(OC[C@H]2O[C@@H](n3cnc4c(NC(=O)c5ccccc5)ncnc43)C[C@@H]2CS(=O)(=O)CC[C@H]2O[C@@H](n3cc(C)c(=O)[nH]c3=O)C[C@@H]2OP(OCCC#N)N(C(C)C)C(C)C)(c2ccccc2)c2ccc(OC)cc2)cc1. The Kier molecular flexibility index (Phi) is 19.1. The molecule has 2 aliphatic heterocycles. The first-order chi connectivity index (χ1) is 39.5. The smallest absolute Gasteiger partial charge is 0.330 e. The lowest BCUT2D eigenvalue weighted by atomic mass is 9.80. The van der Waals surface area contributed by atoms with Crippen LogP contribution in [0.15, 0.2) is 138 Å². The number of sulfone groups is 1. The van der Waals surface area contributed by atoms with Crippen LogP contribution in [0.1, 0.15) is 98.4 Å². The molecule has 0 saturated carbocycles. The number of aryl methyl sites for hydroxylation is 1. The Balaban J connectivity index is 1.05. The number of methoxy groups -OCH3 is 2. The Morgan fingerprint density at radius 2 is 1.45 bits per heavy atom. The number of benzene rings is 4. The van der Waals surface area contributed by atoms with E-state index in [0.717, 1.165) is 16.7 Å². The molecule has 1 unspecified atom stereocenters. The summed E-state index contributed by atoms with van der Waals surface area (Å²) in [5.74, 6) is -0.280. The van der Waals surface area contributed by atoms with Crippen LogP contribution < -0.4 is 26.0 Å². The number of hydrogen-bond acceptors (Lipinski definition) is 17. The van der Waals surface area contributed by atoms with Gasteiger partial charge in [-0.3, -0.25) is 23.7 Å². The fraction of sp³-hybridized carbons (Fsp3) is 0.407. The Morgan fingerprint density at radius 1 is 0.841 bits per heavy atom. The molecule has 2 aliphatic rings. The van der Waals surface area contributed by atoms with E-state index < -0.39 is 71.9 Å². The summed E-state index contributed by atoms with van der Waals surface area (Å²) in [6.45, 7) is 9.62. The molecule has 2 fully saturated rings.